The zero-order valence-electron chi connectivity index (χ0n) is 9.64. The van der Waals surface area contributed by atoms with Crippen molar-refractivity contribution in [2.24, 2.45) is 0 Å². The lowest BCUT2D eigenvalue weighted by Crippen LogP contribution is -2.08. The first-order valence-corrected chi connectivity index (χ1v) is 6.80. The maximum Gasteiger partial charge on any atom is 0.267 e. The number of benzene rings is 1. The van der Waals surface area contributed by atoms with Crippen molar-refractivity contribution in [3.8, 4) is 0 Å². The van der Waals surface area contributed by atoms with Crippen LogP contribution in [0.4, 0.5) is 0 Å². The molecule has 5 nitrogen and oxygen atoms in total. The molecule has 0 atom stereocenters. The SMILES string of the molecule is Cc1nc(S(=O)(=O)Cc2ccccc2C)n[nH]1. The van der Waals surface area contributed by atoms with E-state index in [4.69, 9.17) is 0 Å². The third kappa shape index (κ3) is 2.52. The van der Waals surface area contributed by atoms with Gasteiger partial charge >= 0.3 is 0 Å². The third-order valence-corrected chi connectivity index (χ3v) is 3.89. The predicted molar refractivity (Wildman–Crippen MR) is 63.2 cm³/mol. The highest BCUT2D eigenvalue weighted by atomic mass is 32.2. The molecule has 1 aromatic carbocycles. The van der Waals surface area contributed by atoms with Gasteiger partial charge in [-0.05, 0) is 25.0 Å². The molecule has 2 rings (SSSR count). The number of hydrogen-bond acceptors (Lipinski definition) is 4. The average molecular weight is 251 g/mol. The number of nitrogens with zero attached hydrogens (tertiary/aromatic N) is 2. The van der Waals surface area contributed by atoms with Crippen LogP contribution in [0.15, 0.2) is 29.4 Å². The van der Waals surface area contributed by atoms with E-state index >= 15 is 0 Å². The summed E-state index contributed by atoms with van der Waals surface area (Å²) in [7, 11) is -3.47. The molecule has 90 valence electrons. The van der Waals surface area contributed by atoms with E-state index in [1.807, 2.05) is 25.1 Å². The van der Waals surface area contributed by atoms with Gasteiger partial charge in [-0.3, -0.25) is 5.10 Å². The van der Waals surface area contributed by atoms with Gasteiger partial charge < -0.3 is 0 Å². The summed E-state index contributed by atoms with van der Waals surface area (Å²) < 4.78 is 24.0. The van der Waals surface area contributed by atoms with Crippen LogP contribution in [0, 0.1) is 13.8 Å². The Morgan fingerprint density at radius 1 is 1.24 bits per heavy atom. The number of sulfone groups is 1. The van der Waals surface area contributed by atoms with Gasteiger partial charge in [0.25, 0.3) is 5.16 Å². The Hall–Kier alpha value is -1.69. The highest BCUT2D eigenvalue weighted by molar-refractivity contribution is 7.90. The normalized spacial score (nSPS) is 11.6. The molecule has 1 aromatic heterocycles. The van der Waals surface area contributed by atoms with Crippen LogP contribution in [0.2, 0.25) is 0 Å². The summed E-state index contributed by atoms with van der Waals surface area (Å²) in [6.45, 7) is 3.55. The number of rotatable bonds is 3. The molecule has 0 spiro atoms. The molecule has 0 radical (unpaired) electrons. The lowest BCUT2D eigenvalue weighted by molar-refractivity contribution is 0.586. The number of aryl methyl sites for hydroxylation is 2. The van der Waals surface area contributed by atoms with Crippen LogP contribution in [0.3, 0.4) is 0 Å². The Bertz CT molecular complexity index is 632. The van der Waals surface area contributed by atoms with Crippen LogP contribution in [0.5, 0.6) is 0 Å². The number of aromatic amines is 1. The minimum atomic E-state index is -3.47. The van der Waals surface area contributed by atoms with Crippen molar-refractivity contribution >= 4 is 9.84 Å². The fraction of sp³-hybridized carbons (Fsp3) is 0.273. The molecule has 1 heterocycles. The Kier molecular flexibility index (Phi) is 2.97. The van der Waals surface area contributed by atoms with Crippen molar-refractivity contribution in [2.75, 3.05) is 0 Å². The van der Waals surface area contributed by atoms with Gasteiger partial charge in [-0.25, -0.2) is 13.4 Å². The van der Waals surface area contributed by atoms with Crippen LogP contribution >= 0.6 is 0 Å². The van der Waals surface area contributed by atoms with E-state index in [0.29, 0.717) is 5.82 Å². The molecule has 0 aliphatic rings. The summed E-state index contributed by atoms with van der Waals surface area (Å²) >= 11 is 0. The molecule has 0 fully saturated rings. The Morgan fingerprint density at radius 2 is 1.94 bits per heavy atom. The monoisotopic (exact) mass is 251 g/mol. The fourth-order valence-corrected chi connectivity index (χ4v) is 2.83. The molecule has 1 N–H and O–H groups in total. The van der Waals surface area contributed by atoms with E-state index in [0.717, 1.165) is 11.1 Å². The molecule has 0 bridgehead atoms. The van der Waals surface area contributed by atoms with Gasteiger partial charge in [0, 0.05) is 0 Å². The van der Waals surface area contributed by atoms with E-state index in [2.05, 4.69) is 15.2 Å². The van der Waals surface area contributed by atoms with E-state index in [-0.39, 0.29) is 10.9 Å². The second-order valence-corrected chi connectivity index (χ2v) is 5.77. The lowest BCUT2D eigenvalue weighted by atomic mass is 10.1. The van der Waals surface area contributed by atoms with Gasteiger partial charge in [-0.15, -0.1) is 5.10 Å². The van der Waals surface area contributed by atoms with E-state index in [1.165, 1.54) is 0 Å². The third-order valence-electron chi connectivity index (χ3n) is 2.46. The van der Waals surface area contributed by atoms with Crippen LogP contribution in [-0.4, -0.2) is 23.6 Å². The summed E-state index contributed by atoms with van der Waals surface area (Å²) in [5.74, 6) is 0.421. The standard InChI is InChI=1S/C11H13N3O2S/c1-8-5-3-4-6-10(8)7-17(15,16)11-12-9(2)13-14-11/h3-6H,7H2,1-2H3,(H,12,13,14). The highest BCUT2D eigenvalue weighted by Gasteiger charge is 2.20. The predicted octanol–water partition coefficient (Wildman–Crippen LogP) is 1.40. The van der Waals surface area contributed by atoms with Crippen LogP contribution in [0.1, 0.15) is 17.0 Å². The van der Waals surface area contributed by atoms with Crippen molar-refractivity contribution in [1.29, 1.82) is 0 Å². The quantitative estimate of drug-likeness (QED) is 0.894. The van der Waals surface area contributed by atoms with Gasteiger partial charge in [0.2, 0.25) is 9.84 Å². The first-order chi connectivity index (χ1) is 7.99. The molecule has 0 saturated carbocycles. The molecule has 0 unspecified atom stereocenters. The molecule has 0 aliphatic carbocycles. The summed E-state index contributed by atoms with van der Waals surface area (Å²) in [5, 5.41) is 6.08. The van der Waals surface area contributed by atoms with Crippen LogP contribution < -0.4 is 0 Å². The molecular weight excluding hydrogens is 238 g/mol. The second kappa shape index (κ2) is 4.29. The smallest absolute Gasteiger partial charge is 0.262 e. The number of nitrogens with one attached hydrogen (secondary N) is 1. The Balaban J connectivity index is 2.33. The van der Waals surface area contributed by atoms with E-state index < -0.39 is 9.84 Å². The summed E-state index contributed by atoms with van der Waals surface area (Å²) in [4.78, 5) is 3.85. The largest absolute Gasteiger partial charge is 0.267 e. The molecule has 0 saturated heterocycles. The number of aromatic nitrogens is 3. The number of H-pyrrole nitrogens is 1. The minimum absolute atomic E-state index is 0.0725. The average Bonchev–Trinajstić information content (AvgIpc) is 2.69. The molecular formula is C11H13N3O2S. The van der Waals surface area contributed by atoms with Crippen LogP contribution in [0.25, 0.3) is 0 Å². The first-order valence-electron chi connectivity index (χ1n) is 5.15. The van der Waals surface area contributed by atoms with Crippen molar-refractivity contribution < 1.29 is 8.42 Å². The van der Waals surface area contributed by atoms with E-state index in [1.54, 1.807) is 13.0 Å². The van der Waals surface area contributed by atoms with Crippen molar-refractivity contribution in [3.63, 3.8) is 0 Å². The van der Waals surface area contributed by atoms with Crippen molar-refractivity contribution in [2.45, 2.75) is 24.8 Å². The molecule has 6 heteroatoms. The summed E-state index contributed by atoms with van der Waals surface area (Å²) in [6.07, 6.45) is 0. The summed E-state index contributed by atoms with van der Waals surface area (Å²) in [6, 6.07) is 7.38. The van der Waals surface area contributed by atoms with E-state index in [9.17, 15) is 8.42 Å². The molecule has 17 heavy (non-hydrogen) atoms. The fourth-order valence-electron chi connectivity index (χ4n) is 1.50. The maximum absolute atomic E-state index is 12.0. The van der Waals surface area contributed by atoms with Crippen molar-refractivity contribution in [3.05, 3.63) is 41.2 Å². The highest BCUT2D eigenvalue weighted by Crippen LogP contribution is 2.15. The van der Waals surface area contributed by atoms with Gasteiger partial charge in [0.15, 0.2) is 0 Å². The van der Waals surface area contributed by atoms with Crippen molar-refractivity contribution in [1.82, 2.24) is 15.2 Å². The Labute approximate surface area is 99.8 Å². The molecule has 0 amide bonds. The van der Waals surface area contributed by atoms with Gasteiger partial charge in [-0.1, -0.05) is 24.3 Å². The summed E-state index contributed by atoms with van der Waals surface area (Å²) in [5.41, 5.74) is 1.72. The zero-order valence-corrected chi connectivity index (χ0v) is 10.5. The molecule has 0 aliphatic heterocycles. The topological polar surface area (TPSA) is 75.7 Å². The zero-order chi connectivity index (χ0) is 12.5. The second-order valence-electron chi connectivity index (χ2n) is 3.89. The Morgan fingerprint density at radius 3 is 2.53 bits per heavy atom. The van der Waals surface area contributed by atoms with Crippen LogP contribution in [-0.2, 0) is 15.6 Å². The first kappa shape index (κ1) is 11.8. The minimum Gasteiger partial charge on any atom is -0.262 e. The van der Waals surface area contributed by atoms with Gasteiger partial charge in [-0.2, -0.15) is 0 Å². The van der Waals surface area contributed by atoms with Gasteiger partial charge in [0.1, 0.15) is 5.82 Å². The number of hydrogen-bond donors (Lipinski definition) is 1. The molecule has 2 aromatic rings. The van der Waals surface area contributed by atoms with Gasteiger partial charge in [0.05, 0.1) is 5.75 Å². The maximum atomic E-state index is 12.0. The lowest BCUT2D eigenvalue weighted by Gasteiger charge is -2.03.